The molecule has 0 fully saturated rings. The van der Waals surface area contributed by atoms with E-state index in [4.69, 9.17) is 4.74 Å². The van der Waals surface area contributed by atoms with Gasteiger partial charge in [-0.15, -0.1) is 0 Å². The van der Waals surface area contributed by atoms with Gasteiger partial charge in [-0.3, -0.25) is 4.79 Å². The second-order valence-electron chi connectivity index (χ2n) is 5.19. The molecule has 2 aromatic carbocycles. The Labute approximate surface area is 149 Å². The Kier molecular flexibility index (Phi) is 6.84. The molecule has 26 heavy (non-hydrogen) atoms. The highest BCUT2D eigenvalue weighted by Gasteiger charge is 2.19. The van der Waals surface area contributed by atoms with E-state index in [0.29, 0.717) is 0 Å². The fraction of sp³-hybridized carbons (Fsp3) is 0.158. The SMILES string of the molecule is CC(OC(=O)/C=C/c1ccccc1)C(=O)Nc1ccccc1OC(F)F. The molecule has 0 heterocycles. The fourth-order valence-electron chi connectivity index (χ4n) is 2.00. The summed E-state index contributed by atoms with van der Waals surface area (Å²) in [5.41, 5.74) is 0.861. The van der Waals surface area contributed by atoms with Crippen LogP contribution in [0.5, 0.6) is 5.75 Å². The number of carbonyl (C=O) groups excluding carboxylic acids is 2. The number of rotatable bonds is 7. The summed E-state index contributed by atoms with van der Waals surface area (Å²) in [4.78, 5) is 23.9. The van der Waals surface area contributed by atoms with E-state index >= 15 is 0 Å². The third kappa shape index (κ3) is 6.01. The Bertz CT molecular complexity index is 778. The highest BCUT2D eigenvalue weighted by atomic mass is 19.3. The second-order valence-corrected chi connectivity index (χ2v) is 5.19. The summed E-state index contributed by atoms with van der Waals surface area (Å²) in [7, 11) is 0. The van der Waals surface area contributed by atoms with E-state index < -0.39 is 24.6 Å². The van der Waals surface area contributed by atoms with Crippen molar-refractivity contribution in [3.8, 4) is 5.75 Å². The lowest BCUT2D eigenvalue weighted by Crippen LogP contribution is -2.29. The molecule has 2 rings (SSSR count). The van der Waals surface area contributed by atoms with Crippen LogP contribution in [0.3, 0.4) is 0 Å². The van der Waals surface area contributed by atoms with Crippen molar-refractivity contribution in [3.63, 3.8) is 0 Å². The van der Waals surface area contributed by atoms with Gasteiger partial charge in [-0.25, -0.2) is 4.79 Å². The van der Waals surface area contributed by atoms with Gasteiger partial charge in [0.05, 0.1) is 5.69 Å². The molecule has 1 amide bonds. The van der Waals surface area contributed by atoms with Gasteiger partial charge in [-0.05, 0) is 30.7 Å². The van der Waals surface area contributed by atoms with Gasteiger partial charge < -0.3 is 14.8 Å². The van der Waals surface area contributed by atoms with E-state index in [0.717, 1.165) is 5.56 Å². The number of hydrogen-bond donors (Lipinski definition) is 1. The predicted octanol–water partition coefficient (Wildman–Crippen LogP) is 3.87. The van der Waals surface area contributed by atoms with Crippen LogP contribution in [-0.4, -0.2) is 24.6 Å². The van der Waals surface area contributed by atoms with Crippen molar-refractivity contribution < 1.29 is 27.8 Å². The molecule has 0 aromatic heterocycles. The standard InChI is InChI=1S/C19H17F2NO4/c1-13(25-17(23)12-11-14-7-3-2-4-8-14)18(24)22-15-9-5-6-10-16(15)26-19(20)21/h2-13,19H,1H3,(H,22,24)/b12-11+. The Hall–Kier alpha value is -3.22. The quantitative estimate of drug-likeness (QED) is 0.601. The van der Waals surface area contributed by atoms with E-state index in [9.17, 15) is 18.4 Å². The first-order valence-electron chi connectivity index (χ1n) is 7.74. The first kappa shape index (κ1) is 19.1. The predicted molar refractivity (Wildman–Crippen MR) is 92.7 cm³/mol. The lowest BCUT2D eigenvalue weighted by atomic mass is 10.2. The normalized spacial score (nSPS) is 12.0. The fourth-order valence-corrected chi connectivity index (χ4v) is 2.00. The van der Waals surface area contributed by atoms with Gasteiger partial charge in [-0.1, -0.05) is 42.5 Å². The minimum Gasteiger partial charge on any atom is -0.449 e. The molecule has 1 atom stereocenters. The van der Waals surface area contributed by atoms with Gasteiger partial charge in [0.1, 0.15) is 5.75 Å². The number of carbonyl (C=O) groups is 2. The van der Waals surface area contributed by atoms with Crippen molar-refractivity contribution in [2.75, 3.05) is 5.32 Å². The summed E-state index contributed by atoms with van der Waals surface area (Å²) in [5, 5.41) is 2.40. The summed E-state index contributed by atoms with van der Waals surface area (Å²) in [6.07, 6.45) is 1.63. The van der Waals surface area contributed by atoms with Crippen molar-refractivity contribution >= 4 is 23.6 Å². The lowest BCUT2D eigenvalue weighted by molar-refractivity contribution is -0.148. The summed E-state index contributed by atoms with van der Waals surface area (Å²) < 4.78 is 34.1. The Balaban J connectivity index is 1.93. The molecule has 0 aliphatic carbocycles. The highest BCUT2D eigenvalue weighted by molar-refractivity contribution is 5.97. The maximum Gasteiger partial charge on any atom is 0.387 e. The van der Waals surface area contributed by atoms with Crippen molar-refractivity contribution in [2.24, 2.45) is 0 Å². The van der Waals surface area contributed by atoms with Crippen LogP contribution in [0.2, 0.25) is 0 Å². The topological polar surface area (TPSA) is 64.6 Å². The molecule has 2 aromatic rings. The number of amides is 1. The van der Waals surface area contributed by atoms with Crippen LogP contribution in [0, 0.1) is 0 Å². The van der Waals surface area contributed by atoms with Crippen LogP contribution >= 0.6 is 0 Å². The number of esters is 1. The molecule has 5 nitrogen and oxygen atoms in total. The van der Waals surface area contributed by atoms with Crippen LogP contribution in [0.25, 0.3) is 6.08 Å². The van der Waals surface area contributed by atoms with Gasteiger partial charge in [0.2, 0.25) is 0 Å². The largest absolute Gasteiger partial charge is 0.449 e. The second kappa shape index (κ2) is 9.31. The van der Waals surface area contributed by atoms with Crippen LogP contribution in [0.15, 0.2) is 60.7 Å². The molecule has 0 saturated carbocycles. The number of nitrogens with one attached hydrogen (secondary N) is 1. The highest BCUT2D eigenvalue weighted by Crippen LogP contribution is 2.25. The zero-order valence-electron chi connectivity index (χ0n) is 13.9. The number of para-hydroxylation sites is 2. The molecule has 1 N–H and O–H groups in total. The van der Waals surface area contributed by atoms with Crippen LogP contribution in [0.1, 0.15) is 12.5 Å². The van der Waals surface area contributed by atoms with Gasteiger partial charge >= 0.3 is 12.6 Å². The average Bonchev–Trinajstić information content (AvgIpc) is 2.62. The molecular formula is C19H17F2NO4. The molecule has 0 aliphatic rings. The smallest absolute Gasteiger partial charge is 0.387 e. The maximum atomic E-state index is 12.4. The Morgan fingerprint density at radius 2 is 1.69 bits per heavy atom. The number of ether oxygens (including phenoxy) is 2. The zero-order valence-corrected chi connectivity index (χ0v) is 13.9. The van der Waals surface area contributed by atoms with Crippen LogP contribution < -0.4 is 10.1 Å². The first-order chi connectivity index (χ1) is 12.5. The van der Waals surface area contributed by atoms with Crippen molar-refractivity contribution in [2.45, 2.75) is 19.6 Å². The van der Waals surface area contributed by atoms with Crippen molar-refractivity contribution in [3.05, 3.63) is 66.2 Å². The average molecular weight is 361 g/mol. The molecule has 0 aliphatic heterocycles. The minimum absolute atomic E-state index is 0.0560. The van der Waals surface area contributed by atoms with E-state index in [1.807, 2.05) is 18.2 Å². The van der Waals surface area contributed by atoms with Crippen LogP contribution in [0.4, 0.5) is 14.5 Å². The zero-order chi connectivity index (χ0) is 18.9. The monoisotopic (exact) mass is 361 g/mol. The summed E-state index contributed by atoms with van der Waals surface area (Å²) >= 11 is 0. The van der Waals surface area contributed by atoms with Crippen molar-refractivity contribution in [1.82, 2.24) is 0 Å². The van der Waals surface area contributed by atoms with Gasteiger partial charge in [0, 0.05) is 6.08 Å². The summed E-state index contributed by atoms with van der Waals surface area (Å²) in [6, 6.07) is 14.8. The molecule has 7 heteroatoms. The van der Waals surface area contributed by atoms with Gasteiger partial charge in [0.25, 0.3) is 5.91 Å². The van der Waals surface area contributed by atoms with Crippen molar-refractivity contribution in [1.29, 1.82) is 0 Å². The van der Waals surface area contributed by atoms with Crippen LogP contribution in [-0.2, 0) is 14.3 Å². The van der Waals surface area contributed by atoms with Gasteiger partial charge in [0.15, 0.2) is 6.10 Å². The van der Waals surface area contributed by atoms with E-state index in [1.165, 1.54) is 31.2 Å². The van der Waals surface area contributed by atoms with E-state index in [1.54, 1.807) is 24.3 Å². The first-order valence-corrected chi connectivity index (χ1v) is 7.74. The number of anilines is 1. The lowest BCUT2D eigenvalue weighted by Gasteiger charge is -2.15. The maximum absolute atomic E-state index is 12.4. The molecule has 0 radical (unpaired) electrons. The van der Waals surface area contributed by atoms with Gasteiger partial charge in [-0.2, -0.15) is 8.78 Å². The molecular weight excluding hydrogens is 344 g/mol. The summed E-state index contributed by atoms with van der Waals surface area (Å²) in [6.45, 7) is -1.65. The number of alkyl halides is 2. The molecule has 0 spiro atoms. The minimum atomic E-state index is -3.02. The number of hydrogen-bond acceptors (Lipinski definition) is 4. The molecule has 0 bridgehead atoms. The number of benzene rings is 2. The third-order valence-electron chi connectivity index (χ3n) is 3.23. The Morgan fingerprint density at radius 3 is 2.38 bits per heavy atom. The van der Waals surface area contributed by atoms with E-state index in [-0.39, 0.29) is 11.4 Å². The third-order valence-corrected chi connectivity index (χ3v) is 3.23. The molecule has 136 valence electrons. The Morgan fingerprint density at radius 1 is 1.04 bits per heavy atom. The number of halogens is 2. The molecule has 0 saturated heterocycles. The van der Waals surface area contributed by atoms with E-state index in [2.05, 4.69) is 10.1 Å². The molecule has 1 unspecified atom stereocenters. The summed E-state index contributed by atoms with van der Waals surface area (Å²) in [5.74, 6) is -1.55.